The SMILES string of the molecule is CC/C=C\C/C=C\C/C=C\CCCCCCCCCC(=O)OCC(O)COP(=O)(O)OCCNC(=O)CCCCCCCCCCCC/C=C\C/C=C\C/C=C\CCCCC. The molecule has 9 nitrogen and oxygen atoms in total. The van der Waals surface area contributed by atoms with Crippen molar-refractivity contribution in [2.24, 2.45) is 0 Å². The number of aliphatic hydroxyl groups excluding tert-OH is 1. The zero-order valence-corrected chi connectivity index (χ0v) is 39.7. The van der Waals surface area contributed by atoms with Crippen molar-refractivity contribution >= 4 is 19.7 Å². The van der Waals surface area contributed by atoms with Gasteiger partial charge in [0.15, 0.2) is 0 Å². The van der Waals surface area contributed by atoms with Crippen LogP contribution in [0, 0.1) is 0 Å². The van der Waals surface area contributed by atoms with Crippen LogP contribution in [0.2, 0.25) is 0 Å². The van der Waals surface area contributed by atoms with Crippen LogP contribution >= 0.6 is 7.82 Å². The highest BCUT2D eigenvalue weighted by Crippen LogP contribution is 2.42. The molecule has 0 aliphatic carbocycles. The normalized spacial score (nSPS) is 13.8. The van der Waals surface area contributed by atoms with Gasteiger partial charge in [0.05, 0.1) is 13.2 Å². The molecule has 0 rings (SSSR count). The molecule has 2 unspecified atom stereocenters. The van der Waals surface area contributed by atoms with Crippen molar-refractivity contribution in [3.8, 4) is 0 Å². The van der Waals surface area contributed by atoms with Gasteiger partial charge < -0.3 is 20.1 Å². The van der Waals surface area contributed by atoms with Crippen LogP contribution in [0.4, 0.5) is 0 Å². The third kappa shape index (κ3) is 48.3. The number of phosphoric acid groups is 1. The van der Waals surface area contributed by atoms with Gasteiger partial charge in [-0.05, 0) is 83.5 Å². The number of carbonyl (C=O) groups excluding carboxylic acids is 2. The number of aliphatic hydroxyl groups is 1. The van der Waals surface area contributed by atoms with Gasteiger partial charge in [-0.2, -0.15) is 0 Å². The number of amides is 1. The van der Waals surface area contributed by atoms with Gasteiger partial charge in [0, 0.05) is 19.4 Å². The summed E-state index contributed by atoms with van der Waals surface area (Å²) in [5.74, 6) is -0.532. The number of rotatable bonds is 45. The molecule has 0 aromatic rings. The van der Waals surface area contributed by atoms with Gasteiger partial charge in [0.2, 0.25) is 5.91 Å². The minimum absolute atomic E-state index is 0.0750. The highest BCUT2D eigenvalue weighted by atomic mass is 31.2. The van der Waals surface area contributed by atoms with E-state index in [1.165, 1.54) is 96.3 Å². The van der Waals surface area contributed by atoms with Gasteiger partial charge in [-0.15, -0.1) is 0 Å². The number of hydrogen-bond donors (Lipinski definition) is 3. The molecular formula is C51H90NO8P. The molecule has 3 N–H and O–H groups in total. The van der Waals surface area contributed by atoms with Crippen LogP contribution in [-0.4, -0.2) is 54.3 Å². The molecule has 0 radical (unpaired) electrons. The third-order valence-corrected chi connectivity index (χ3v) is 11.1. The van der Waals surface area contributed by atoms with Crippen LogP contribution in [0.25, 0.3) is 0 Å². The lowest BCUT2D eigenvalue weighted by Gasteiger charge is -2.15. The lowest BCUT2D eigenvalue weighted by Crippen LogP contribution is -2.27. The van der Waals surface area contributed by atoms with E-state index in [9.17, 15) is 24.2 Å². The predicted molar refractivity (Wildman–Crippen MR) is 256 cm³/mol. The monoisotopic (exact) mass is 876 g/mol. The maximum atomic E-state index is 12.1. The first-order valence-electron chi connectivity index (χ1n) is 24.4. The van der Waals surface area contributed by atoms with Crippen LogP contribution in [0.1, 0.15) is 206 Å². The number of esters is 1. The summed E-state index contributed by atoms with van der Waals surface area (Å²) in [5, 5.41) is 12.7. The molecule has 10 heteroatoms. The van der Waals surface area contributed by atoms with Crippen molar-refractivity contribution in [3.05, 3.63) is 72.9 Å². The molecule has 1 amide bonds. The summed E-state index contributed by atoms with van der Waals surface area (Å²) < 4.78 is 26.9. The summed E-state index contributed by atoms with van der Waals surface area (Å²) in [7, 11) is -4.43. The standard InChI is InChI=1S/C51H90NO8P/c1-3-5-7-9-11-13-15-17-19-21-22-23-24-25-26-28-29-31-33-35-37-39-41-43-50(54)52-45-46-59-61(56,57)60-48-49(53)47-58-51(55)44-42-40-38-36-34-32-30-27-20-18-16-14-12-10-8-6-4-2/h6,8,11-14,17-20,22-23,49,53H,3-5,7,9-10,15-16,21,24-48H2,1-2H3,(H,52,54)(H,56,57)/b8-6-,13-11-,14-12-,19-17-,20-18-,23-22-. The van der Waals surface area contributed by atoms with Crippen LogP contribution in [0.15, 0.2) is 72.9 Å². The fraction of sp³-hybridized carbons (Fsp3) is 0.725. The maximum absolute atomic E-state index is 12.1. The van der Waals surface area contributed by atoms with E-state index in [1.54, 1.807) is 0 Å². The molecule has 352 valence electrons. The Morgan fingerprint density at radius 3 is 1.41 bits per heavy atom. The highest BCUT2D eigenvalue weighted by Gasteiger charge is 2.23. The Bertz CT molecular complexity index is 1230. The van der Waals surface area contributed by atoms with Crippen molar-refractivity contribution in [1.82, 2.24) is 5.32 Å². The molecule has 0 fully saturated rings. The van der Waals surface area contributed by atoms with E-state index in [1.807, 2.05) is 0 Å². The summed E-state index contributed by atoms with van der Waals surface area (Å²) in [6.07, 6.45) is 58.3. The molecule has 0 aliphatic heterocycles. The van der Waals surface area contributed by atoms with Crippen molar-refractivity contribution < 1.29 is 37.9 Å². The molecule has 2 atom stereocenters. The maximum Gasteiger partial charge on any atom is 0.472 e. The summed E-state index contributed by atoms with van der Waals surface area (Å²) >= 11 is 0. The number of hydrogen-bond acceptors (Lipinski definition) is 7. The first kappa shape index (κ1) is 58.5. The molecule has 0 bridgehead atoms. The van der Waals surface area contributed by atoms with Crippen LogP contribution in [-0.2, 0) is 27.9 Å². The lowest BCUT2D eigenvalue weighted by molar-refractivity contribution is -0.147. The molecule has 0 saturated heterocycles. The molecule has 0 saturated carbocycles. The van der Waals surface area contributed by atoms with Crippen molar-refractivity contribution in [3.63, 3.8) is 0 Å². The predicted octanol–water partition coefficient (Wildman–Crippen LogP) is 14.2. The second-order valence-corrected chi connectivity index (χ2v) is 17.5. The zero-order chi connectivity index (χ0) is 44.6. The van der Waals surface area contributed by atoms with E-state index in [0.717, 1.165) is 83.5 Å². The van der Waals surface area contributed by atoms with E-state index in [-0.39, 0.29) is 32.1 Å². The summed E-state index contributed by atoms with van der Waals surface area (Å²) in [6, 6.07) is 0. The van der Waals surface area contributed by atoms with E-state index in [4.69, 9.17) is 13.8 Å². The molecule has 0 spiro atoms. The summed E-state index contributed by atoms with van der Waals surface area (Å²) in [5.41, 5.74) is 0. The topological polar surface area (TPSA) is 131 Å². The van der Waals surface area contributed by atoms with E-state index >= 15 is 0 Å². The van der Waals surface area contributed by atoms with Crippen LogP contribution in [0.3, 0.4) is 0 Å². The number of phosphoric ester groups is 1. The Hall–Kier alpha value is -2.55. The van der Waals surface area contributed by atoms with Gasteiger partial charge >= 0.3 is 13.8 Å². The van der Waals surface area contributed by atoms with Crippen LogP contribution < -0.4 is 5.32 Å². The molecule has 0 aliphatic rings. The van der Waals surface area contributed by atoms with E-state index < -0.39 is 26.5 Å². The number of nitrogens with one attached hydrogen (secondary N) is 1. The Morgan fingerprint density at radius 2 is 0.934 bits per heavy atom. The van der Waals surface area contributed by atoms with Crippen molar-refractivity contribution in [2.45, 2.75) is 213 Å². The molecular weight excluding hydrogens is 786 g/mol. The average molecular weight is 876 g/mol. The number of carbonyl (C=O) groups is 2. The van der Waals surface area contributed by atoms with Crippen molar-refractivity contribution in [1.29, 1.82) is 0 Å². The molecule has 61 heavy (non-hydrogen) atoms. The van der Waals surface area contributed by atoms with Gasteiger partial charge in [0.25, 0.3) is 0 Å². The van der Waals surface area contributed by atoms with Gasteiger partial charge in [-0.1, -0.05) is 183 Å². The Labute approximate surface area is 373 Å². The van der Waals surface area contributed by atoms with Gasteiger partial charge in [0.1, 0.15) is 12.7 Å². The fourth-order valence-corrected chi connectivity index (χ4v) is 7.22. The first-order chi connectivity index (χ1) is 29.8. The largest absolute Gasteiger partial charge is 0.472 e. The van der Waals surface area contributed by atoms with E-state index in [2.05, 4.69) is 92.1 Å². The van der Waals surface area contributed by atoms with Gasteiger partial charge in [-0.25, -0.2) is 4.57 Å². The molecule has 0 heterocycles. The minimum atomic E-state index is -4.43. The smallest absolute Gasteiger partial charge is 0.463 e. The molecule has 0 aromatic carbocycles. The number of allylic oxidation sites excluding steroid dienone is 12. The fourth-order valence-electron chi connectivity index (χ4n) is 6.46. The van der Waals surface area contributed by atoms with Gasteiger partial charge in [-0.3, -0.25) is 18.6 Å². The van der Waals surface area contributed by atoms with E-state index in [0.29, 0.717) is 6.42 Å². The number of unbranched alkanes of at least 4 members (excludes halogenated alkanes) is 20. The highest BCUT2D eigenvalue weighted by molar-refractivity contribution is 7.47. The summed E-state index contributed by atoms with van der Waals surface area (Å²) in [4.78, 5) is 34.0. The summed E-state index contributed by atoms with van der Waals surface area (Å²) in [6.45, 7) is 3.41. The Kier molecular flexibility index (Phi) is 45.0. The second-order valence-electron chi connectivity index (χ2n) is 16.0. The van der Waals surface area contributed by atoms with Crippen LogP contribution in [0.5, 0.6) is 0 Å². The van der Waals surface area contributed by atoms with Crippen molar-refractivity contribution in [2.75, 3.05) is 26.4 Å². The third-order valence-electron chi connectivity index (χ3n) is 10.1. The second kappa shape index (κ2) is 46.9. The average Bonchev–Trinajstić information content (AvgIpc) is 3.25. The quantitative estimate of drug-likeness (QED) is 0.0239. The minimum Gasteiger partial charge on any atom is -0.463 e. The molecule has 0 aromatic heterocycles. The Morgan fingerprint density at radius 1 is 0.525 bits per heavy atom. The number of ether oxygens (including phenoxy) is 1. The lowest BCUT2D eigenvalue weighted by atomic mass is 10.0. The first-order valence-corrected chi connectivity index (χ1v) is 25.9. The zero-order valence-electron chi connectivity index (χ0n) is 38.8. The Balaban J connectivity index is 3.59.